The molecule has 1 heterocycles. The third-order valence-electron chi connectivity index (χ3n) is 4.39. The molecule has 0 aliphatic carbocycles. The second-order valence-corrected chi connectivity index (χ2v) is 7.23. The molecule has 0 fully saturated rings. The molecule has 35 heavy (non-hydrogen) atoms. The van der Waals surface area contributed by atoms with Gasteiger partial charge in [0.25, 0.3) is 17.7 Å². The number of aliphatic carboxylic acids is 1. The van der Waals surface area contributed by atoms with Gasteiger partial charge in [0.05, 0.1) is 10.6 Å². The first-order valence-corrected chi connectivity index (χ1v) is 9.90. The molecule has 0 bridgehead atoms. The molecule has 0 spiro atoms. The molecule has 3 rings (SSSR count). The molecule has 3 amide bonds. The van der Waals surface area contributed by atoms with Crippen LogP contribution in [0, 0.1) is 11.6 Å². The van der Waals surface area contributed by atoms with Crippen molar-refractivity contribution in [3.8, 4) is 0 Å². The van der Waals surface area contributed by atoms with Crippen LogP contribution >= 0.6 is 11.6 Å². The maximum Gasteiger partial charge on any atom is 1.00 e. The number of carboxylic acids is 1. The Bertz CT molecular complexity index is 1280. The molecule has 3 aromatic rings. The van der Waals surface area contributed by atoms with Crippen LogP contribution in [0.3, 0.4) is 0 Å². The fourth-order valence-corrected chi connectivity index (χ4v) is 2.93. The van der Waals surface area contributed by atoms with Crippen LogP contribution in [0.4, 0.5) is 14.6 Å². The minimum absolute atomic E-state index is 0. The zero-order chi connectivity index (χ0) is 24.8. The van der Waals surface area contributed by atoms with E-state index in [1.807, 2.05) is 0 Å². The van der Waals surface area contributed by atoms with Crippen LogP contribution in [-0.4, -0.2) is 45.5 Å². The first-order chi connectivity index (χ1) is 16.1. The van der Waals surface area contributed by atoms with Crippen LogP contribution in [0.25, 0.3) is 0 Å². The normalized spacial score (nSPS) is 10.1. The van der Waals surface area contributed by atoms with Gasteiger partial charge in [0.2, 0.25) is 0 Å². The van der Waals surface area contributed by atoms with E-state index in [1.54, 1.807) is 12.1 Å². The number of carboxylic acid groups (broad SMARTS) is 1. The summed E-state index contributed by atoms with van der Waals surface area (Å²) in [6, 6.07) is 8.67. The van der Waals surface area contributed by atoms with Gasteiger partial charge in [-0.1, -0.05) is 23.7 Å². The fourth-order valence-electron chi connectivity index (χ4n) is 2.69. The van der Waals surface area contributed by atoms with Gasteiger partial charge in [0, 0.05) is 18.2 Å². The maximum atomic E-state index is 13.4. The number of rotatable bonds is 8. The average Bonchev–Trinajstić information content (AvgIpc) is 3.27. The Morgan fingerprint density at radius 3 is 2.29 bits per heavy atom. The standard InChI is InChI=1S/C21H16ClF2N5O5.Na.H/c22-13-6-15(24)14(23)5-12(13)20(33)27-17-7-16(28-29-17)21(34)25-8-10-1-3-11(4-2-10)19(32)26-9-18(30)31;;/h1-7H,8-9H2,(H,25,34)(H,26,32)(H,30,31)(H2,27,28,29,33);;/q;+1;-1. The van der Waals surface area contributed by atoms with E-state index in [0.717, 1.165) is 0 Å². The number of nitrogens with zero attached hydrogens (tertiary/aromatic N) is 1. The van der Waals surface area contributed by atoms with E-state index in [9.17, 15) is 28.0 Å². The third kappa shape index (κ3) is 7.59. The minimum Gasteiger partial charge on any atom is -1.00 e. The Labute approximate surface area is 225 Å². The number of benzene rings is 2. The van der Waals surface area contributed by atoms with E-state index >= 15 is 0 Å². The van der Waals surface area contributed by atoms with Crippen LogP contribution in [-0.2, 0) is 11.3 Å². The first-order valence-electron chi connectivity index (χ1n) is 9.52. The van der Waals surface area contributed by atoms with E-state index in [0.29, 0.717) is 17.7 Å². The van der Waals surface area contributed by atoms with Gasteiger partial charge in [-0.15, -0.1) is 0 Å². The topological polar surface area (TPSA) is 153 Å². The number of H-pyrrole nitrogens is 1. The van der Waals surface area contributed by atoms with E-state index < -0.39 is 41.9 Å². The van der Waals surface area contributed by atoms with Crippen molar-refractivity contribution in [1.82, 2.24) is 20.8 Å². The summed E-state index contributed by atoms with van der Waals surface area (Å²) in [5.41, 5.74) is 0.613. The Morgan fingerprint density at radius 2 is 1.63 bits per heavy atom. The molecule has 0 unspecified atom stereocenters. The van der Waals surface area contributed by atoms with E-state index in [1.165, 1.54) is 18.2 Å². The number of halogens is 3. The molecule has 1 aromatic heterocycles. The van der Waals surface area contributed by atoms with Gasteiger partial charge >= 0.3 is 35.5 Å². The van der Waals surface area contributed by atoms with Gasteiger partial charge in [-0.05, 0) is 29.8 Å². The predicted octanol–water partition coefficient (Wildman–Crippen LogP) is -0.546. The molecule has 0 atom stereocenters. The van der Waals surface area contributed by atoms with Crippen molar-refractivity contribution in [3.05, 3.63) is 81.5 Å². The summed E-state index contributed by atoms with van der Waals surface area (Å²) in [5, 5.41) is 21.7. The van der Waals surface area contributed by atoms with E-state index in [2.05, 4.69) is 26.1 Å². The zero-order valence-corrected chi connectivity index (χ0v) is 20.9. The molecule has 0 aliphatic rings. The summed E-state index contributed by atoms with van der Waals surface area (Å²) in [5.74, 6) is -5.61. The second-order valence-electron chi connectivity index (χ2n) is 6.82. The summed E-state index contributed by atoms with van der Waals surface area (Å²) >= 11 is 5.77. The van der Waals surface area contributed by atoms with Crippen LogP contribution in [0.1, 0.15) is 38.2 Å². The van der Waals surface area contributed by atoms with Gasteiger partial charge in [-0.3, -0.25) is 24.3 Å². The van der Waals surface area contributed by atoms with Crippen LogP contribution in [0.2, 0.25) is 5.02 Å². The Balaban J connectivity index is 0.00000324. The maximum absolute atomic E-state index is 13.4. The fraction of sp³-hybridized carbons (Fsp3) is 0.0952. The average molecular weight is 516 g/mol. The SMILES string of the molecule is O=C(O)CNC(=O)c1ccc(CNC(=O)c2cc(NC(=O)c3cc(F)c(F)cc3Cl)n[nH]2)cc1.[H-].[Na+]. The molecule has 0 saturated heterocycles. The van der Waals surface area contributed by atoms with Crippen molar-refractivity contribution >= 4 is 41.1 Å². The zero-order valence-electron chi connectivity index (χ0n) is 19.1. The monoisotopic (exact) mass is 515 g/mol. The molecular weight excluding hydrogens is 499 g/mol. The van der Waals surface area contributed by atoms with Gasteiger partial charge in [0.1, 0.15) is 12.2 Å². The number of aromatic amines is 1. The van der Waals surface area contributed by atoms with Crippen molar-refractivity contribution in [2.45, 2.75) is 6.54 Å². The second kappa shape index (κ2) is 12.4. The number of aromatic nitrogens is 2. The Kier molecular flexibility index (Phi) is 9.89. The van der Waals surface area contributed by atoms with Crippen molar-refractivity contribution in [3.63, 3.8) is 0 Å². The smallest absolute Gasteiger partial charge is 1.00 e. The van der Waals surface area contributed by atoms with Gasteiger partial charge in [-0.25, -0.2) is 8.78 Å². The summed E-state index contributed by atoms with van der Waals surface area (Å²) in [6.45, 7) is -0.405. The number of nitrogens with one attached hydrogen (secondary N) is 4. The molecule has 10 nitrogen and oxygen atoms in total. The van der Waals surface area contributed by atoms with Crippen molar-refractivity contribution in [1.29, 1.82) is 0 Å². The summed E-state index contributed by atoms with van der Waals surface area (Å²) in [4.78, 5) is 46.9. The first kappa shape index (κ1) is 27.9. The van der Waals surface area contributed by atoms with Gasteiger partial charge < -0.3 is 22.5 Å². The number of hydrogen-bond donors (Lipinski definition) is 5. The molecule has 0 saturated carbocycles. The van der Waals surface area contributed by atoms with Gasteiger partial charge in [-0.2, -0.15) is 5.10 Å². The molecule has 0 aliphatic heterocycles. The third-order valence-corrected chi connectivity index (χ3v) is 4.70. The molecular formula is C21H17ClF2N5NaO5. The van der Waals surface area contributed by atoms with Crippen LogP contribution < -0.4 is 45.5 Å². The minimum atomic E-state index is -1.24. The van der Waals surface area contributed by atoms with Crippen molar-refractivity contribution in [2.75, 3.05) is 11.9 Å². The summed E-state index contributed by atoms with van der Waals surface area (Å²) in [6.07, 6.45) is 0. The van der Waals surface area contributed by atoms with Crippen LogP contribution in [0.5, 0.6) is 0 Å². The molecule has 0 radical (unpaired) electrons. The van der Waals surface area contributed by atoms with E-state index in [-0.39, 0.29) is 65.2 Å². The number of anilines is 1. The van der Waals surface area contributed by atoms with Crippen molar-refractivity contribution < 1.29 is 64.0 Å². The molecule has 5 N–H and O–H groups in total. The Hall–Kier alpha value is -3.32. The van der Waals surface area contributed by atoms with Crippen molar-refractivity contribution in [2.24, 2.45) is 0 Å². The molecule has 14 heteroatoms. The Morgan fingerprint density at radius 1 is 0.971 bits per heavy atom. The predicted molar refractivity (Wildman–Crippen MR) is 117 cm³/mol. The number of hydrogen-bond acceptors (Lipinski definition) is 5. The van der Waals surface area contributed by atoms with E-state index in [4.69, 9.17) is 16.7 Å². The summed E-state index contributed by atoms with van der Waals surface area (Å²) in [7, 11) is 0. The van der Waals surface area contributed by atoms with Crippen LogP contribution in [0.15, 0.2) is 42.5 Å². The summed E-state index contributed by atoms with van der Waals surface area (Å²) < 4.78 is 26.5. The van der Waals surface area contributed by atoms with Gasteiger partial charge in [0.15, 0.2) is 17.5 Å². The largest absolute Gasteiger partial charge is 1.00 e. The number of carbonyl (C=O) groups excluding carboxylic acids is 3. The number of amides is 3. The quantitative estimate of drug-likeness (QED) is 0.200. The molecule has 2 aromatic carbocycles. The number of carbonyl (C=O) groups is 4. The molecule has 178 valence electrons.